The molecule has 3 heterocycles. The number of aryl methyl sites for hydroxylation is 3. The summed E-state index contributed by atoms with van der Waals surface area (Å²) < 4.78 is 4.40. The zero-order chi connectivity index (χ0) is 20.5. The van der Waals surface area contributed by atoms with E-state index in [-0.39, 0.29) is 0 Å². The fraction of sp³-hybridized carbons (Fsp3) is 0.217. The minimum absolute atomic E-state index is 0.403. The maximum absolute atomic E-state index is 11.6. The minimum Gasteiger partial charge on any atom is -0.366 e. The number of imidazole rings is 1. The van der Waals surface area contributed by atoms with Gasteiger partial charge in [0.25, 0.3) is 0 Å². The summed E-state index contributed by atoms with van der Waals surface area (Å²) in [6.07, 6.45) is 5.85. The molecule has 2 N–H and O–H groups in total. The van der Waals surface area contributed by atoms with Gasteiger partial charge in [0.1, 0.15) is 10.8 Å². The maximum atomic E-state index is 11.6. The van der Waals surface area contributed by atoms with Crippen LogP contribution in [0, 0.1) is 13.8 Å². The molecule has 5 nitrogen and oxygen atoms in total. The number of thiophene rings is 1. The number of carbonyl (C=O) groups is 1. The molecular formula is C23H24N4OS. The van der Waals surface area contributed by atoms with Crippen molar-refractivity contribution in [1.82, 2.24) is 14.1 Å². The molecule has 0 unspecified atom stereocenters. The van der Waals surface area contributed by atoms with Gasteiger partial charge in [-0.25, -0.2) is 4.98 Å². The largest absolute Gasteiger partial charge is 0.366 e. The molecule has 0 aliphatic rings. The number of hydrogen-bond acceptors (Lipinski definition) is 3. The van der Waals surface area contributed by atoms with Crippen LogP contribution >= 0.6 is 11.3 Å². The number of nitrogens with zero attached hydrogens (tertiary/aromatic N) is 3. The molecule has 0 aliphatic heterocycles. The van der Waals surface area contributed by atoms with Crippen LogP contribution in [0.3, 0.4) is 0 Å². The molecule has 1 amide bonds. The number of benzene rings is 1. The number of aromatic nitrogens is 3. The first-order valence-corrected chi connectivity index (χ1v) is 10.5. The van der Waals surface area contributed by atoms with E-state index in [4.69, 9.17) is 5.73 Å². The minimum atomic E-state index is -0.403. The second-order valence-electron chi connectivity index (χ2n) is 7.14. The van der Waals surface area contributed by atoms with Gasteiger partial charge in [-0.15, -0.1) is 11.3 Å². The Kier molecular flexibility index (Phi) is 5.11. The summed E-state index contributed by atoms with van der Waals surface area (Å²) in [5.41, 5.74) is 10.5. The Balaban J connectivity index is 1.84. The van der Waals surface area contributed by atoms with Gasteiger partial charge in [0.05, 0.1) is 10.6 Å². The van der Waals surface area contributed by atoms with E-state index in [1.54, 1.807) is 17.4 Å². The fourth-order valence-electron chi connectivity index (χ4n) is 3.67. The van der Waals surface area contributed by atoms with E-state index in [0.29, 0.717) is 5.56 Å². The van der Waals surface area contributed by atoms with E-state index in [1.165, 1.54) is 10.6 Å². The van der Waals surface area contributed by atoms with E-state index in [2.05, 4.69) is 45.3 Å². The smallest absolute Gasteiger partial charge is 0.248 e. The standard InChI is InChI=1S/C23H24N4OS/c1-4-5-18-7-9-20(21-10-11-22(29-21)26-13-12-25-16(26)3)27(18)19-8-6-17(23(24)28)14-15(19)2/h6-14H,4-5H2,1-3H3,(H2,24,28). The lowest BCUT2D eigenvalue weighted by atomic mass is 10.1. The van der Waals surface area contributed by atoms with Crippen molar-refractivity contribution >= 4 is 17.2 Å². The quantitative estimate of drug-likeness (QED) is 0.488. The van der Waals surface area contributed by atoms with Crippen molar-refractivity contribution in [2.75, 3.05) is 0 Å². The number of amides is 1. The average molecular weight is 405 g/mol. The van der Waals surface area contributed by atoms with E-state index in [1.807, 2.05) is 38.4 Å². The lowest BCUT2D eigenvalue weighted by Crippen LogP contribution is -2.12. The third kappa shape index (κ3) is 3.51. The first kappa shape index (κ1) is 19.2. The van der Waals surface area contributed by atoms with Gasteiger partial charge in [0.15, 0.2) is 0 Å². The predicted molar refractivity (Wildman–Crippen MR) is 118 cm³/mol. The molecule has 4 rings (SSSR count). The Morgan fingerprint density at radius 2 is 1.97 bits per heavy atom. The highest BCUT2D eigenvalue weighted by Crippen LogP contribution is 2.35. The molecule has 4 aromatic rings. The topological polar surface area (TPSA) is 65.8 Å². The number of nitrogens with two attached hydrogens (primary N) is 1. The maximum Gasteiger partial charge on any atom is 0.248 e. The third-order valence-corrected chi connectivity index (χ3v) is 6.20. The van der Waals surface area contributed by atoms with Gasteiger partial charge >= 0.3 is 0 Å². The summed E-state index contributed by atoms with van der Waals surface area (Å²) in [6, 6.07) is 14.3. The van der Waals surface area contributed by atoms with Crippen LogP contribution in [-0.2, 0) is 6.42 Å². The molecule has 0 aliphatic carbocycles. The Morgan fingerprint density at radius 1 is 1.14 bits per heavy atom. The molecule has 0 atom stereocenters. The van der Waals surface area contributed by atoms with Crippen molar-refractivity contribution in [3.05, 3.63) is 77.5 Å². The highest BCUT2D eigenvalue weighted by atomic mass is 32.1. The summed E-state index contributed by atoms with van der Waals surface area (Å²) in [5, 5.41) is 1.14. The van der Waals surface area contributed by atoms with Gasteiger partial charge in [-0.1, -0.05) is 13.3 Å². The van der Waals surface area contributed by atoms with Crippen LogP contribution in [-0.4, -0.2) is 20.0 Å². The molecule has 6 heteroatoms. The van der Waals surface area contributed by atoms with Crippen LogP contribution in [0.25, 0.3) is 21.3 Å². The van der Waals surface area contributed by atoms with Gasteiger partial charge in [-0.3, -0.25) is 9.36 Å². The molecule has 0 saturated heterocycles. The first-order chi connectivity index (χ1) is 14.0. The van der Waals surface area contributed by atoms with E-state index < -0.39 is 5.91 Å². The zero-order valence-corrected chi connectivity index (χ0v) is 17.7. The fourth-order valence-corrected chi connectivity index (χ4v) is 4.73. The number of carbonyl (C=O) groups excluding carboxylic acids is 1. The van der Waals surface area contributed by atoms with Crippen molar-refractivity contribution in [3.63, 3.8) is 0 Å². The van der Waals surface area contributed by atoms with Crippen molar-refractivity contribution in [2.45, 2.75) is 33.6 Å². The van der Waals surface area contributed by atoms with E-state index in [0.717, 1.165) is 40.6 Å². The Morgan fingerprint density at radius 3 is 2.62 bits per heavy atom. The van der Waals surface area contributed by atoms with E-state index >= 15 is 0 Å². The Labute approximate surface area is 174 Å². The van der Waals surface area contributed by atoms with Crippen LogP contribution in [0.4, 0.5) is 0 Å². The van der Waals surface area contributed by atoms with Gasteiger partial charge in [-0.2, -0.15) is 0 Å². The molecule has 29 heavy (non-hydrogen) atoms. The third-order valence-electron chi connectivity index (χ3n) is 5.10. The Hall–Kier alpha value is -3.12. The predicted octanol–water partition coefficient (Wildman–Crippen LogP) is 5.06. The van der Waals surface area contributed by atoms with Crippen molar-refractivity contribution < 1.29 is 4.79 Å². The molecule has 3 aromatic heterocycles. The molecule has 0 saturated carbocycles. The van der Waals surface area contributed by atoms with Crippen LogP contribution in [0.15, 0.2) is 54.9 Å². The molecule has 0 radical (unpaired) electrons. The lowest BCUT2D eigenvalue weighted by Gasteiger charge is -2.16. The van der Waals surface area contributed by atoms with Crippen LogP contribution < -0.4 is 5.73 Å². The molecule has 0 fully saturated rings. The average Bonchev–Trinajstić information content (AvgIpc) is 3.41. The van der Waals surface area contributed by atoms with Crippen molar-refractivity contribution in [1.29, 1.82) is 0 Å². The van der Waals surface area contributed by atoms with E-state index in [9.17, 15) is 4.79 Å². The highest BCUT2D eigenvalue weighted by Gasteiger charge is 2.16. The number of rotatable bonds is 6. The van der Waals surface area contributed by atoms with Gasteiger partial charge < -0.3 is 10.3 Å². The second-order valence-corrected chi connectivity index (χ2v) is 8.21. The molecule has 148 valence electrons. The first-order valence-electron chi connectivity index (χ1n) is 9.71. The normalized spacial score (nSPS) is 11.1. The van der Waals surface area contributed by atoms with Crippen LogP contribution in [0.2, 0.25) is 0 Å². The zero-order valence-electron chi connectivity index (χ0n) is 16.8. The molecular weight excluding hydrogens is 380 g/mol. The van der Waals surface area contributed by atoms with Gasteiger partial charge in [0.2, 0.25) is 5.91 Å². The van der Waals surface area contributed by atoms with Gasteiger partial charge in [-0.05, 0) is 68.3 Å². The summed E-state index contributed by atoms with van der Waals surface area (Å²) in [5.74, 6) is 0.568. The molecule has 1 aromatic carbocycles. The number of hydrogen-bond donors (Lipinski definition) is 1. The summed E-state index contributed by atoms with van der Waals surface area (Å²) in [6.45, 7) is 6.21. The monoisotopic (exact) mass is 404 g/mol. The Bertz CT molecular complexity index is 1180. The summed E-state index contributed by atoms with van der Waals surface area (Å²) >= 11 is 1.74. The molecule has 0 bridgehead atoms. The van der Waals surface area contributed by atoms with Crippen LogP contribution in [0.1, 0.15) is 40.8 Å². The number of primary amides is 1. The SMILES string of the molecule is CCCc1ccc(-c2ccc(-n3ccnc3C)s2)n1-c1ccc(C(N)=O)cc1C. The van der Waals surface area contributed by atoms with Gasteiger partial charge in [0, 0.05) is 29.3 Å². The van der Waals surface area contributed by atoms with Crippen molar-refractivity contribution in [3.8, 4) is 21.3 Å². The molecule has 0 spiro atoms. The summed E-state index contributed by atoms with van der Waals surface area (Å²) in [7, 11) is 0. The summed E-state index contributed by atoms with van der Waals surface area (Å²) in [4.78, 5) is 17.1. The second kappa shape index (κ2) is 7.72. The lowest BCUT2D eigenvalue weighted by molar-refractivity contribution is 0.1000. The highest BCUT2D eigenvalue weighted by molar-refractivity contribution is 7.17. The van der Waals surface area contributed by atoms with Crippen LogP contribution in [0.5, 0.6) is 0 Å². The van der Waals surface area contributed by atoms with Crippen molar-refractivity contribution in [2.24, 2.45) is 5.73 Å².